The summed E-state index contributed by atoms with van der Waals surface area (Å²) in [4.78, 5) is 8.62. The van der Waals surface area contributed by atoms with Gasteiger partial charge >= 0.3 is 0 Å². The van der Waals surface area contributed by atoms with Crippen LogP contribution in [0.25, 0.3) is 15.3 Å². The van der Waals surface area contributed by atoms with Crippen molar-refractivity contribution in [1.82, 2.24) is 19.7 Å². The highest BCUT2D eigenvalue weighted by atomic mass is 32.2. The lowest BCUT2D eigenvalue weighted by atomic mass is 10.3. The van der Waals surface area contributed by atoms with Crippen LogP contribution >= 0.6 is 23.1 Å². The number of thioether (sulfide) groups is 1. The Bertz CT molecular complexity index is 639. The summed E-state index contributed by atoms with van der Waals surface area (Å²) in [6.45, 7) is 0. The standard InChI is InChI=1S/C10H9N5S2/c1-16-9-13-8(11)15(14-9)10-12-6-4-2-3-5-7(6)17-10/h2-5H,1H3,(H2,11,13,14). The summed E-state index contributed by atoms with van der Waals surface area (Å²) < 4.78 is 2.69. The van der Waals surface area contributed by atoms with E-state index < -0.39 is 0 Å². The van der Waals surface area contributed by atoms with Gasteiger partial charge in [-0.3, -0.25) is 0 Å². The van der Waals surface area contributed by atoms with Crippen LogP contribution in [0.4, 0.5) is 5.95 Å². The van der Waals surface area contributed by atoms with Crippen LogP contribution in [0, 0.1) is 0 Å². The van der Waals surface area contributed by atoms with Crippen LogP contribution in [0.15, 0.2) is 29.4 Å². The molecule has 0 saturated heterocycles. The lowest BCUT2D eigenvalue weighted by Crippen LogP contribution is -2.01. The van der Waals surface area contributed by atoms with E-state index in [0.29, 0.717) is 11.1 Å². The number of aromatic nitrogens is 4. The fourth-order valence-electron chi connectivity index (χ4n) is 1.48. The minimum Gasteiger partial charge on any atom is -0.368 e. The molecule has 5 nitrogen and oxygen atoms in total. The molecule has 86 valence electrons. The molecule has 0 fully saturated rings. The molecule has 0 amide bonds. The van der Waals surface area contributed by atoms with Crippen LogP contribution in [0.3, 0.4) is 0 Å². The van der Waals surface area contributed by atoms with Crippen molar-refractivity contribution < 1.29 is 0 Å². The number of anilines is 1. The summed E-state index contributed by atoms with van der Waals surface area (Å²) in [6.07, 6.45) is 1.91. The van der Waals surface area contributed by atoms with Gasteiger partial charge in [-0.1, -0.05) is 35.2 Å². The molecule has 0 atom stereocenters. The fourth-order valence-corrected chi connectivity index (χ4v) is 2.76. The minimum absolute atomic E-state index is 0.369. The highest BCUT2D eigenvalue weighted by Crippen LogP contribution is 2.26. The Kier molecular flexibility index (Phi) is 2.49. The summed E-state index contributed by atoms with van der Waals surface area (Å²) >= 11 is 3.01. The van der Waals surface area contributed by atoms with Crippen LogP contribution in [0.5, 0.6) is 0 Å². The molecular formula is C10H9N5S2. The van der Waals surface area contributed by atoms with E-state index in [1.165, 1.54) is 11.8 Å². The highest BCUT2D eigenvalue weighted by molar-refractivity contribution is 7.98. The number of rotatable bonds is 2. The molecule has 2 N–H and O–H groups in total. The quantitative estimate of drug-likeness (QED) is 0.718. The van der Waals surface area contributed by atoms with Crippen molar-refractivity contribution in [3.05, 3.63) is 24.3 Å². The number of para-hydroxylation sites is 1. The van der Waals surface area contributed by atoms with Gasteiger partial charge in [0.05, 0.1) is 10.2 Å². The fraction of sp³-hybridized carbons (Fsp3) is 0.100. The third kappa shape index (κ3) is 1.77. The molecule has 0 aliphatic heterocycles. The van der Waals surface area contributed by atoms with Gasteiger partial charge in [-0.2, -0.15) is 9.67 Å². The van der Waals surface area contributed by atoms with Crippen molar-refractivity contribution in [3.8, 4) is 5.13 Å². The second-order valence-electron chi connectivity index (χ2n) is 3.33. The molecule has 0 spiro atoms. The van der Waals surface area contributed by atoms with Crippen molar-refractivity contribution in [3.63, 3.8) is 0 Å². The number of benzene rings is 1. The number of hydrogen-bond donors (Lipinski definition) is 1. The van der Waals surface area contributed by atoms with Crippen molar-refractivity contribution in [2.75, 3.05) is 12.0 Å². The number of fused-ring (bicyclic) bond motifs is 1. The Morgan fingerprint density at radius 1 is 1.29 bits per heavy atom. The molecule has 0 aliphatic carbocycles. The van der Waals surface area contributed by atoms with Gasteiger partial charge < -0.3 is 5.73 Å². The molecule has 17 heavy (non-hydrogen) atoms. The predicted octanol–water partition coefficient (Wildman–Crippen LogP) is 2.18. The monoisotopic (exact) mass is 263 g/mol. The zero-order valence-corrected chi connectivity index (χ0v) is 10.6. The van der Waals surface area contributed by atoms with Crippen LogP contribution < -0.4 is 5.73 Å². The topological polar surface area (TPSA) is 69.6 Å². The van der Waals surface area contributed by atoms with Crippen LogP contribution in [-0.2, 0) is 0 Å². The van der Waals surface area contributed by atoms with E-state index in [2.05, 4.69) is 15.1 Å². The lowest BCUT2D eigenvalue weighted by molar-refractivity contribution is 0.836. The number of nitrogen functional groups attached to an aromatic ring is 1. The maximum Gasteiger partial charge on any atom is 0.226 e. The average molecular weight is 263 g/mol. The molecule has 2 aromatic heterocycles. The summed E-state index contributed by atoms with van der Waals surface area (Å²) in [5, 5.41) is 5.69. The molecule has 1 aromatic carbocycles. The zero-order chi connectivity index (χ0) is 11.8. The zero-order valence-electron chi connectivity index (χ0n) is 8.99. The number of nitrogens with zero attached hydrogens (tertiary/aromatic N) is 4. The Morgan fingerprint density at radius 2 is 2.12 bits per heavy atom. The number of hydrogen-bond acceptors (Lipinski definition) is 6. The van der Waals surface area contributed by atoms with E-state index >= 15 is 0 Å². The second kappa shape index (κ2) is 4.01. The smallest absolute Gasteiger partial charge is 0.226 e. The molecular weight excluding hydrogens is 254 g/mol. The van der Waals surface area contributed by atoms with Gasteiger partial charge in [0.1, 0.15) is 0 Å². The molecule has 0 bridgehead atoms. The first-order valence-electron chi connectivity index (χ1n) is 4.90. The highest BCUT2D eigenvalue weighted by Gasteiger charge is 2.12. The summed E-state index contributed by atoms with van der Waals surface area (Å²) in [5.74, 6) is 0.369. The first-order chi connectivity index (χ1) is 8.28. The number of thiazole rings is 1. The van der Waals surface area contributed by atoms with Crippen molar-refractivity contribution in [1.29, 1.82) is 0 Å². The molecule has 0 saturated carbocycles. The van der Waals surface area contributed by atoms with Crippen molar-refractivity contribution >= 4 is 39.3 Å². The van der Waals surface area contributed by atoms with Gasteiger partial charge in [0.15, 0.2) is 0 Å². The van der Waals surface area contributed by atoms with Crippen LogP contribution in [0.1, 0.15) is 0 Å². The third-order valence-electron chi connectivity index (χ3n) is 2.26. The first kappa shape index (κ1) is 10.5. The van der Waals surface area contributed by atoms with E-state index in [0.717, 1.165) is 15.3 Å². The van der Waals surface area contributed by atoms with Crippen molar-refractivity contribution in [2.45, 2.75) is 5.16 Å². The normalized spacial score (nSPS) is 11.1. The Morgan fingerprint density at radius 3 is 2.82 bits per heavy atom. The van der Waals surface area contributed by atoms with Gasteiger partial charge in [0, 0.05) is 0 Å². The van der Waals surface area contributed by atoms with Gasteiger partial charge in [0.2, 0.25) is 16.2 Å². The maximum absolute atomic E-state index is 5.81. The molecule has 0 radical (unpaired) electrons. The third-order valence-corrected chi connectivity index (χ3v) is 3.81. The Labute approximate surface area is 106 Å². The van der Waals surface area contributed by atoms with E-state index in [1.54, 1.807) is 16.0 Å². The van der Waals surface area contributed by atoms with Crippen molar-refractivity contribution in [2.24, 2.45) is 0 Å². The molecule has 0 aliphatic rings. The van der Waals surface area contributed by atoms with Gasteiger partial charge in [-0.25, -0.2) is 4.98 Å². The second-order valence-corrected chi connectivity index (χ2v) is 5.12. The largest absolute Gasteiger partial charge is 0.368 e. The maximum atomic E-state index is 5.81. The van der Waals surface area contributed by atoms with E-state index in [4.69, 9.17) is 5.73 Å². The molecule has 7 heteroatoms. The molecule has 3 rings (SSSR count). The Hall–Kier alpha value is -1.60. The van der Waals surface area contributed by atoms with Gasteiger partial charge in [-0.05, 0) is 18.4 Å². The first-order valence-corrected chi connectivity index (χ1v) is 6.94. The molecule has 2 heterocycles. The van der Waals surface area contributed by atoms with E-state index in [-0.39, 0.29) is 0 Å². The van der Waals surface area contributed by atoms with E-state index in [9.17, 15) is 0 Å². The molecule has 0 unspecified atom stereocenters. The summed E-state index contributed by atoms with van der Waals surface area (Å²) in [6, 6.07) is 7.95. The van der Waals surface area contributed by atoms with E-state index in [1.807, 2.05) is 30.5 Å². The lowest BCUT2D eigenvalue weighted by Gasteiger charge is -1.93. The minimum atomic E-state index is 0.369. The molecule has 3 aromatic rings. The predicted molar refractivity (Wildman–Crippen MR) is 70.7 cm³/mol. The number of nitrogens with two attached hydrogens (primary N) is 1. The SMILES string of the molecule is CSc1nc(N)n(-c2nc3ccccc3s2)n1. The van der Waals surface area contributed by atoms with Crippen LogP contribution in [-0.4, -0.2) is 26.0 Å². The summed E-state index contributed by atoms with van der Waals surface area (Å²) in [7, 11) is 0. The Balaban J connectivity index is 2.16. The van der Waals surface area contributed by atoms with Gasteiger partial charge in [0.25, 0.3) is 0 Å². The summed E-state index contributed by atoms with van der Waals surface area (Å²) in [5.41, 5.74) is 6.77. The average Bonchev–Trinajstić information content (AvgIpc) is 2.91. The van der Waals surface area contributed by atoms with Crippen LogP contribution in [0.2, 0.25) is 0 Å². The van der Waals surface area contributed by atoms with Gasteiger partial charge in [-0.15, -0.1) is 5.10 Å².